The third kappa shape index (κ3) is 2.89. The largest absolute Gasteiger partial charge is 0.0625 e. The first-order chi connectivity index (χ1) is 10.3. The van der Waals surface area contributed by atoms with E-state index in [0.29, 0.717) is 0 Å². The highest BCUT2D eigenvalue weighted by Gasteiger charge is 2.50. The van der Waals surface area contributed by atoms with E-state index in [1.165, 1.54) is 25.7 Å². The fraction of sp³-hybridized carbons (Fsp3) is 1.00. The molecule has 0 aromatic rings. The van der Waals surface area contributed by atoms with Gasteiger partial charge < -0.3 is 0 Å². The lowest BCUT2D eigenvalue weighted by Gasteiger charge is -2.53. The van der Waals surface area contributed by atoms with E-state index in [1.54, 1.807) is 0 Å². The van der Waals surface area contributed by atoms with Gasteiger partial charge in [-0.05, 0) is 90.8 Å². The van der Waals surface area contributed by atoms with Crippen LogP contribution in [0.5, 0.6) is 0 Å². The highest BCUT2D eigenvalue weighted by molar-refractivity contribution is 4.99. The normalized spacial score (nSPS) is 50.2. The maximum Gasteiger partial charge on any atom is -0.0331 e. The van der Waals surface area contributed by atoms with Crippen molar-refractivity contribution in [2.24, 2.45) is 65.1 Å². The van der Waals surface area contributed by atoms with Crippen LogP contribution >= 0.6 is 0 Å². The molecule has 0 amide bonds. The van der Waals surface area contributed by atoms with Crippen LogP contribution in [0.2, 0.25) is 0 Å². The van der Waals surface area contributed by atoms with Gasteiger partial charge in [0.2, 0.25) is 0 Å². The third-order valence-corrected chi connectivity index (χ3v) is 8.30. The van der Waals surface area contributed by atoms with E-state index in [2.05, 4.69) is 48.5 Å². The van der Waals surface area contributed by atoms with Crippen LogP contribution < -0.4 is 0 Å². The lowest BCUT2D eigenvalue weighted by Crippen LogP contribution is -2.46. The van der Waals surface area contributed by atoms with Crippen LogP contribution in [-0.2, 0) is 0 Å². The third-order valence-electron chi connectivity index (χ3n) is 8.30. The van der Waals surface area contributed by atoms with Crippen molar-refractivity contribution in [1.29, 1.82) is 0 Å². The molecule has 3 fully saturated rings. The van der Waals surface area contributed by atoms with Crippen molar-refractivity contribution in [2.75, 3.05) is 0 Å². The van der Waals surface area contributed by atoms with Gasteiger partial charge in [0.1, 0.15) is 0 Å². The van der Waals surface area contributed by atoms with Gasteiger partial charge in [-0.15, -0.1) is 0 Å². The van der Waals surface area contributed by atoms with Gasteiger partial charge >= 0.3 is 0 Å². The molecule has 3 aliphatic carbocycles. The zero-order valence-corrected chi connectivity index (χ0v) is 16.2. The molecular weight excluding hydrogens is 264 g/mol. The quantitative estimate of drug-likeness (QED) is 0.525. The van der Waals surface area contributed by atoms with E-state index in [-0.39, 0.29) is 0 Å². The van der Waals surface area contributed by atoms with E-state index < -0.39 is 0 Å². The summed E-state index contributed by atoms with van der Waals surface area (Å²) in [5.74, 6) is 11.1. The maximum atomic E-state index is 2.59. The average molecular weight is 305 g/mol. The maximum absolute atomic E-state index is 2.59. The molecule has 22 heavy (non-hydrogen) atoms. The smallest absolute Gasteiger partial charge is 0.0331 e. The Hall–Kier alpha value is 0. The summed E-state index contributed by atoms with van der Waals surface area (Å²) >= 11 is 0. The number of hydrogen-bond donors (Lipinski definition) is 0. The van der Waals surface area contributed by atoms with Crippen LogP contribution in [0.3, 0.4) is 0 Å². The fourth-order valence-electron chi connectivity index (χ4n) is 7.07. The summed E-state index contributed by atoms with van der Waals surface area (Å²) < 4.78 is 0. The molecular formula is C22H40. The van der Waals surface area contributed by atoms with Gasteiger partial charge in [0, 0.05) is 0 Å². The molecule has 0 bridgehead atoms. The Balaban J connectivity index is 1.55. The van der Waals surface area contributed by atoms with Crippen molar-refractivity contribution in [3.05, 3.63) is 0 Å². The summed E-state index contributed by atoms with van der Waals surface area (Å²) in [5.41, 5.74) is 0. The Bertz CT molecular complexity index is 379. The van der Waals surface area contributed by atoms with Gasteiger partial charge in [0.15, 0.2) is 0 Å². The first-order valence-electron chi connectivity index (χ1n) is 10.3. The molecule has 0 spiro atoms. The molecule has 0 aromatic heterocycles. The zero-order chi connectivity index (χ0) is 16.2. The molecule has 3 rings (SSSR count). The topological polar surface area (TPSA) is 0 Å². The molecule has 3 aliphatic rings. The molecule has 3 saturated carbocycles. The predicted molar refractivity (Wildman–Crippen MR) is 96.6 cm³/mol. The minimum absolute atomic E-state index is 0.891. The average Bonchev–Trinajstić information content (AvgIpc) is 3.10. The first-order valence-corrected chi connectivity index (χ1v) is 10.3. The van der Waals surface area contributed by atoms with Crippen LogP contribution in [0.25, 0.3) is 0 Å². The number of rotatable bonds is 6. The first kappa shape index (κ1) is 16.8. The van der Waals surface area contributed by atoms with E-state index >= 15 is 0 Å². The minimum atomic E-state index is 0.891. The highest BCUT2D eigenvalue weighted by Crippen LogP contribution is 2.58. The summed E-state index contributed by atoms with van der Waals surface area (Å²) in [6, 6.07) is 0. The van der Waals surface area contributed by atoms with Crippen molar-refractivity contribution >= 4 is 0 Å². The summed E-state index contributed by atoms with van der Waals surface area (Å²) in [7, 11) is 0. The van der Waals surface area contributed by atoms with E-state index in [4.69, 9.17) is 0 Å². The van der Waals surface area contributed by atoms with Gasteiger partial charge in [-0.1, -0.05) is 48.5 Å². The molecule has 10 atom stereocenters. The Kier molecular flexibility index (Phi) is 4.70. The summed E-state index contributed by atoms with van der Waals surface area (Å²) in [4.78, 5) is 0. The predicted octanol–water partition coefficient (Wildman–Crippen LogP) is 6.51. The van der Waals surface area contributed by atoms with Crippen molar-refractivity contribution < 1.29 is 0 Å². The van der Waals surface area contributed by atoms with Crippen LogP contribution in [0.1, 0.15) is 74.1 Å². The highest BCUT2D eigenvalue weighted by atomic mass is 14.6. The molecule has 10 unspecified atom stereocenters. The van der Waals surface area contributed by atoms with E-state index in [1.807, 2.05) is 0 Å². The Morgan fingerprint density at radius 2 is 1.27 bits per heavy atom. The fourth-order valence-corrected chi connectivity index (χ4v) is 7.07. The standard InChI is InChI=1S/C22H40/c1-12(2)21-14(4)8-18(21)9-15(5)22-16(6)11-20(22)17(7)19-10-13(19)3/h12-22H,8-11H2,1-7H3. The summed E-state index contributed by atoms with van der Waals surface area (Å²) in [6.07, 6.45) is 6.07. The monoisotopic (exact) mass is 304 g/mol. The lowest BCUT2D eigenvalue weighted by molar-refractivity contribution is -0.0411. The van der Waals surface area contributed by atoms with Crippen LogP contribution in [0.4, 0.5) is 0 Å². The molecule has 128 valence electrons. The molecule has 0 radical (unpaired) electrons. The van der Waals surface area contributed by atoms with Crippen LogP contribution in [0.15, 0.2) is 0 Å². The summed E-state index contributed by atoms with van der Waals surface area (Å²) in [6.45, 7) is 17.5. The molecule has 0 nitrogen and oxygen atoms in total. The van der Waals surface area contributed by atoms with Crippen molar-refractivity contribution in [3.63, 3.8) is 0 Å². The zero-order valence-electron chi connectivity index (χ0n) is 16.2. The van der Waals surface area contributed by atoms with Gasteiger partial charge in [-0.3, -0.25) is 0 Å². The van der Waals surface area contributed by atoms with Crippen molar-refractivity contribution in [3.8, 4) is 0 Å². The SMILES string of the molecule is CC(C)C1C(C)CC1CC(C)C1C(C)CC1C(C)C1CC1C. The van der Waals surface area contributed by atoms with Gasteiger partial charge in [-0.25, -0.2) is 0 Å². The van der Waals surface area contributed by atoms with Crippen LogP contribution in [0, 0.1) is 65.1 Å². The second kappa shape index (κ2) is 6.14. The summed E-state index contributed by atoms with van der Waals surface area (Å²) in [5, 5.41) is 0. The van der Waals surface area contributed by atoms with E-state index in [0.717, 1.165) is 65.1 Å². The Morgan fingerprint density at radius 3 is 1.73 bits per heavy atom. The van der Waals surface area contributed by atoms with Crippen molar-refractivity contribution in [2.45, 2.75) is 74.1 Å². The Labute approximate surface area is 139 Å². The second-order valence-corrected chi connectivity index (χ2v) is 10.2. The molecule has 0 heteroatoms. The van der Waals surface area contributed by atoms with Crippen molar-refractivity contribution in [1.82, 2.24) is 0 Å². The molecule has 0 N–H and O–H groups in total. The minimum Gasteiger partial charge on any atom is -0.0625 e. The molecule has 0 aromatic carbocycles. The van der Waals surface area contributed by atoms with Gasteiger partial charge in [-0.2, -0.15) is 0 Å². The molecule has 0 heterocycles. The lowest BCUT2D eigenvalue weighted by atomic mass is 9.52. The number of hydrogen-bond acceptors (Lipinski definition) is 0. The van der Waals surface area contributed by atoms with E-state index in [9.17, 15) is 0 Å². The van der Waals surface area contributed by atoms with Gasteiger partial charge in [0.05, 0.1) is 0 Å². The van der Waals surface area contributed by atoms with Gasteiger partial charge in [0.25, 0.3) is 0 Å². The molecule has 0 aliphatic heterocycles. The second-order valence-electron chi connectivity index (χ2n) is 10.2. The Morgan fingerprint density at radius 1 is 0.727 bits per heavy atom. The van der Waals surface area contributed by atoms with Crippen LogP contribution in [-0.4, -0.2) is 0 Å². The molecule has 0 saturated heterocycles.